The zero-order valence-corrected chi connectivity index (χ0v) is 15.7. The summed E-state index contributed by atoms with van der Waals surface area (Å²) in [5, 5.41) is 8.02. The molecule has 138 valence electrons. The largest absolute Gasteiger partial charge is 0.464 e. The molecule has 1 aromatic heterocycles. The average Bonchev–Trinajstić information content (AvgIpc) is 3.10. The molecule has 0 unspecified atom stereocenters. The van der Waals surface area contributed by atoms with Crippen LogP contribution in [0.25, 0.3) is 11.1 Å². The maximum atomic E-state index is 12.7. The van der Waals surface area contributed by atoms with Gasteiger partial charge in [0.2, 0.25) is 10.0 Å². The van der Waals surface area contributed by atoms with E-state index in [0.29, 0.717) is 5.69 Å². The SMILES string of the molecule is Cc1oc(C)c(S(N)(=O)=O)c1C(=O)Nc1ccc2c(c1)Cc1ccccc1-2. The summed E-state index contributed by atoms with van der Waals surface area (Å²) in [4.78, 5) is 12.5. The van der Waals surface area contributed by atoms with Crippen LogP contribution in [0.4, 0.5) is 5.69 Å². The molecule has 0 spiro atoms. The van der Waals surface area contributed by atoms with Crippen LogP contribution in [0.5, 0.6) is 0 Å². The highest BCUT2D eigenvalue weighted by molar-refractivity contribution is 7.89. The lowest BCUT2D eigenvalue weighted by Gasteiger charge is -2.08. The lowest BCUT2D eigenvalue weighted by atomic mass is 10.1. The molecule has 2 aromatic carbocycles. The van der Waals surface area contributed by atoms with Crippen molar-refractivity contribution in [2.75, 3.05) is 5.32 Å². The third-order valence-corrected chi connectivity index (χ3v) is 5.83. The maximum Gasteiger partial charge on any atom is 0.260 e. The number of furan rings is 1. The van der Waals surface area contributed by atoms with E-state index in [0.717, 1.165) is 17.5 Å². The molecule has 0 radical (unpaired) electrons. The van der Waals surface area contributed by atoms with Crippen molar-refractivity contribution in [2.45, 2.75) is 25.2 Å². The Morgan fingerprint density at radius 2 is 1.74 bits per heavy atom. The Morgan fingerprint density at radius 1 is 1.04 bits per heavy atom. The number of carbonyl (C=O) groups is 1. The number of carbonyl (C=O) groups excluding carboxylic acids is 1. The van der Waals surface area contributed by atoms with E-state index in [2.05, 4.69) is 17.4 Å². The van der Waals surface area contributed by atoms with E-state index in [-0.39, 0.29) is 22.0 Å². The normalized spacial score (nSPS) is 12.6. The molecule has 7 heteroatoms. The second-order valence-electron chi connectivity index (χ2n) is 6.62. The number of fused-ring (bicyclic) bond motifs is 3. The first-order chi connectivity index (χ1) is 12.8. The molecule has 4 rings (SSSR count). The molecule has 0 fully saturated rings. The van der Waals surface area contributed by atoms with Crippen LogP contribution >= 0.6 is 0 Å². The third-order valence-electron chi connectivity index (χ3n) is 4.77. The number of amides is 1. The number of sulfonamides is 1. The van der Waals surface area contributed by atoms with Gasteiger partial charge in [0.25, 0.3) is 5.91 Å². The molecule has 3 aromatic rings. The number of hydrogen-bond acceptors (Lipinski definition) is 4. The Hall–Kier alpha value is -2.90. The first-order valence-electron chi connectivity index (χ1n) is 8.41. The van der Waals surface area contributed by atoms with Crippen molar-refractivity contribution < 1.29 is 17.6 Å². The lowest BCUT2D eigenvalue weighted by Crippen LogP contribution is -2.20. The maximum absolute atomic E-state index is 12.7. The highest BCUT2D eigenvalue weighted by Crippen LogP contribution is 2.37. The first-order valence-corrected chi connectivity index (χ1v) is 9.95. The topological polar surface area (TPSA) is 102 Å². The number of primary sulfonamides is 1. The zero-order chi connectivity index (χ0) is 19.3. The lowest BCUT2D eigenvalue weighted by molar-refractivity contribution is 0.102. The van der Waals surface area contributed by atoms with Gasteiger partial charge in [-0.3, -0.25) is 4.79 Å². The fourth-order valence-electron chi connectivity index (χ4n) is 3.68. The minimum Gasteiger partial charge on any atom is -0.464 e. The smallest absolute Gasteiger partial charge is 0.260 e. The molecule has 0 bridgehead atoms. The van der Waals surface area contributed by atoms with Gasteiger partial charge in [0, 0.05) is 5.69 Å². The molecular weight excluding hydrogens is 364 g/mol. The van der Waals surface area contributed by atoms with Crippen molar-refractivity contribution in [3.8, 4) is 11.1 Å². The van der Waals surface area contributed by atoms with Crippen LogP contribution in [0, 0.1) is 13.8 Å². The number of aryl methyl sites for hydroxylation is 2. The Kier molecular flexibility index (Phi) is 3.94. The van der Waals surface area contributed by atoms with Gasteiger partial charge >= 0.3 is 0 Å². The number of benzene rings is 2. The van der Waals surface area contributed by atoms with E-state index in [1.807, 2.05) is 24.3 Å². The summed E-state index contributed by atoms with van der Waals surface area (Å²) in [6, 6.07) is 13.8. The Labute approximate surface area is 157 Å². The highest BCUT2D eigenvalue weighted by atomic mass is 32.2. The monoisotopic (exact) mass is 382 g/mol. The van der Waals surface area contributed by atoms with Gasteiger partial charge in [0.05, 0.1) is 0 Å². The number of nitrogens with one attached hydrogen (secondary N) is 1. The molecule has 0 saturated carbocycles. The Balaban J connectivity index is 1.67. The van der Waals surface area contributed by atoms with Gasteiger partial charge in [-0.1, -0.05) is 30.3 Å². The fourth-order valence-corrected chi connectivity index (χ4v) is 4.65. The van der Waals surface area contributed by atoms with Crippen LogP contribution < -0.4 is 10.5 Å². The molecule has 27 heavy (non-hydrogen) atoms. The van der Waals surface area contributed by atoms with Crippen molar-refractivity contribution >= 4 is 21.6 Å². The van der Waals surface area contributed by atoms with Gasteiger partial charge in [0.1, 0.15) is 22.0 Å². The van der Waals surface area contributed by atoms with E-state index in [1.54, 1.807) is 6.07 Å². The number of anilines is 1. The molecule has 0 atom stereocenters. The van der Waals surface area contributed by atoms with E-state index < -0.39 is 15.9 Å². The van der Waals surface area contributed by atoms with Crippen molar-refractivity contribution in [2.24, 2.45) is 5.14 Å². The molecule has 1 aliphatic rings. The van der Waals surface area contributed by atoms with E-state index in [1.165, 1.54) is 25.0 Å². The van der Waals surface area contributed by atoms with E-state index in [9.17, 15) is 13.2 Å². The van der Waals surface area contributed by atoms with E-state index >= 15 is 0 Å². The van der Waals surface area contributed by atoms with Gasteiger partial charge in [-0.2, -0.15) is 0 Å². The summed E-state index contributed by atoms with van der Waals surface area (Å²) in [5.74, 6) is -0.254. The van der Waals surface area contributed by atoms with Crippen LogP contribution in [-0.2, 0) is 16.4 Å². The molecule has 1 heterocycles. The molecule has 1 amide bonds. The van der Waals surface area contributed by atoms with Crippen molar-refractivity contribution in [3.63, 3.8) is 0 Å². The highest BCUT2D eigenvalue weighted by Gasteiger charge is 2.29. The quantitative estimate of drug-likeness (QED) is 0.567. The van der Waals surface area contributed by atoms with Gasteiger partial charge < -0.3 is 9.73 Å². The third kappa shape index (κ3) is 2.94. The van der Waals surface area contributed by atoms with Gasteiger partial charge in [-0.25, -0.2) is 13.6 Å². The van der Waals surface area contributed by atoms with Crippen molar-refractivity contribution in [1.82, 2.24) is 0 Å². The Bertz CT molecular complexity index is 1190. The molecule has 6 nitrogen and oxygen atoms in total. The zero-order valence-electron chi connectivity index (χ0n) is 14.9. The summed E-state index contributed by atoms with van der Waals surface area (Å²) in [7, 11) is -4.08. The fraction of sp³-hybridized carbons (Fsp3) is 0.150. The van der Waals surface area contributed by atoms with Crippen LogP contribution in [0.15, 0.2) is 51.8 Å². The summed E-state index contributed by atoms with van der Waals surface area (Å²) >= 11 is 0. The molecule has 0 saturated heterocycles. The van der Waals surface area contributed by atoms with Crippen LogP contribution in [0.1, 0.15) is 33.0 Å². The predicted octanol–water partition coefficient (Wildman–Crippen LogP) is 3.37. The number of hydrogen-bond donors (Lipinski definition) is 2. The molecule has 0 aliphatic heterocycles. The second-order valence-corrected chi connectivity index (χ2v) is 8.12. The number of nitrogens with two attached hydrogens (primary N) is 1. The van der Waals surface area contributed by atoms with Crippen molar-refractivity contribution in [1.29, 1.82) is 0 Å². The van der Waals surface area contributed by atoms with Crippen LogP contribution in [0.2, 0.25) is 0 Å². The summed E-state index contributed by atoms with van der Waals surface area (Å²) in [6.45, 7) is 3.01. The summed E-state index contributed by atoms with van der Waals surface area (Å²) < 4.78 is 29.1. The van der Waals surface area contributed by atoms with Gasteiger partial charge in [0.15, 0.2) is 0 Å². The standard InChI is InChI=1S/C20H18N2O4S/c1-11-18(19(12(2)26-11)27(21,24)25)20(23)22-15-7-8-17-14(10-15)9-13-5-3-4-6-16(13)17/h3-8,10H,9H2,1-2H3,(H,22,23)(H2,21,24,25). The number of rotatable bonds is 3. The van der Waals surface area contributed by atoms with E-state index in [4.69, 9.17) is 9.56 Å². The first kappa shape index (κ1) is 17.5. The van der Waals surface area contributed by atoms with Crippen LogP contribution in [0.3, 0.4) is 0 Å². The summed E-state index contributed by atoms with van der Waals surface area (Å²) in [5.41, 5.74) is 5.23. The summed E-state index contributed by atoms with van der Waals surface area (Å²) in [6.07, 6.45) is 0.793. The molecular formula is C20H18N2O4S. The van der Waals surface area contributed by atoms with Gasteiger partial charge in [-0.05, 0) is 54.7 Å². The molecule has 3 N–H and O–H groups in total. The minimum absolute atomic E-state index is 0.0567. The Morgan fingerprint density at radius 3 is 2.48 bits per heavy atom. The average molecular weight is 382 g/mol. The van der Waals surface area contributed by atoms with Gasteiger partial charge in [-0.15, -0.1) is 0 Å². The van der Waals surface area contributed by atoms with Crippen LogP contribution in [-0.4, -0.2) is 14.3 Å². The minimum atomic E-state index is -4.08. The predicted molar refractivity (Wildman–Crippen MR) is 102 cm³/mol. The van der Waals surface area contributed by atoms with Crippen molar-refractivity contribution in [3.05, 3.63) is 70.7 Å². The second kappa shape index (κ2) is 6.07. The molecule has 1 aliphatic carbocycles.